The minimum atomic E-state index is -0.312. The largest absolute Gasteiger partial charge is 0.326 e. The number of carbonyl (C=O) groups excluding carboxylic acids is 2. The van der Waals surface area contributed by atoms with Crippen molar-refractivity contribution in [2.45, 2.75) is 18.9 Å². The maximum absolute atomic E-state index is 13.1. The molecule has 0 atom stereocenters. The van der Waals surface area contributed by atoms with Gasteiger partial charge in [0.1, 0.15) is 6.54 Å². The highest BCUT2D eigenvalue weighted by molar-refractivity contribution is 7.12. The van der Waals surface area contributed by atoms with Crippen molar-refractivity contribution in [3.8, 4) is 16.9 Å². The molecule has 2 amide bonds. The first-order valence-electron chi connectivity index (χ1n) is 10.7. The molecule has 1 aliphatic carbocycles. The first kappa shape index (κ1) is 22.7. The zero-order valence-corrected chi connectivity index (χ0v) is 20.3. The summed E-state index contributed by atoms with van der Waals surface area (Å²) in [5.41, 5.74) is 2.28. The maximum Gasteiger partial charge on any atom is 0.264 e. The summed E-state index contributed by atoms with van der Waals surface area (Å²) < 4.78 is 1.77. The Morgan fingerprint density at radius 3 is 2.53 bits per heavy atom. The lowest BCUT2D eigenvalue weighted by atomic mass is 10.2. The zero-order chi connectivity index (χ0) is 23.7. The van der Waals surface area contributed by atoms with Gasteiger partial charge in [0.05, 0.1) is 10.6 Å². The van der Waals surface area contributed by atoms with Crippen molar-refractivity contribution in [1.82, 2.24) is 14.5 Å². The van der Waals surface area contributed by atoms with Crippen molar-refractivity contribution < 1.29 is 9.59 Å². The summed E-state index contributed by atoms with van der Waals surface area (Å²) in [5, 5.41) is 5.95. The van der Waals surface area contributed by atoms with Crippen molar-refractivity contribution in [1.29, 1.82) is 0 Å². The van der Waals surface area contributed by atoms with Gasteiger partial charge in [0.25, 0.3) is 5.91 Å². The summed E-state index contributed by atoms with van der Waals surface area (Å²) in [6.45, 7) is -0.0416. The van der Waals surface area contributed by atoms with Gasteiger partial charge >= 0.3 is 0 Å². The Bertz CT molecular complexity index is 1330. The van der Waals surface area contributed by atoms with Crippen molar-refractivity contribution in [3.05, 3.63) is 87.2 Å². The van der Waals surface area contributed by atoms with Crippen LogP contribution in [0.25, 0.3) is 16.9 Å². The Balaban J connectivity index is 1.43. The average molecular weight is 511 g/mol. The predicted octanol–water partition coefficient (Wildman–Crippen LogP) is 6.15. The molecule has 2 heterocycles. The number of amides is 2. The van der Waals surface area contributed by atoms with Crippen LogP contribution in [0.1, 0.15) is 22.5 Å². The Morgan fingerprint density at radius 2 is 1.85 bits per heavy atom. The molecule has 4 aromatic rings. The number of hydrogen-bond donors (Lipinski definition) is 1. The van der Waals surface area contributed by atoms with E-state index >= 15 is 0 Å². The number of anilines is 1. The number of thiophene rings is 1. The van der Waals surface area contributed by atoms with E-state index in [1.54, 1.807) is 39.8 Å². The van der Waals surface area contributed by atoms with Gasteiger partial charge in [-0.15, -0.1) is 11.3 Å². The third kappa shape index (κ3) is 5.01. The van der Waals surface area contributed by atoms with E-state index in [0.717, 1.165) is 24.1 Å². The smallest absolute Gasteiger partial charge is 0.264 e. The quantitative estimate of drug-likeness (QED) is 0.324. The number of imidazole rings is 1. The fourth-order valence-electron chi connectivity index (χ4n) is 3.66. The van der Waals surface area contributed by atoms with Crippen LogP contribution in [0.3, 0.4) is 0 Å². The lowest BCUT2D eigenvalue weighted by Crippen LogP contribution is -2.39. The first-order valence-corrected chi connectivity index (χ1v) is 12.4. The number of halogens is 2. The molecule has 0 bridgehead atoms. The van der Waals surface area contributed by atoms with E-state index in [-0.39, 0.29) is 24.4 Å². The second-order valence-corrected chi connectivity index (χ2v) is 9.82. The van der Waals surface area contributed by atoms with E-state index in [2.05, 4.69) is 10.3 Å². The average Bonchev–Trinajstić information content (AvgIpc) is 3.34. The Morgan fingerprint density at radius 1 is 1.06 bits per heavy atom. The summed E-state index contributed by atoms with van der Waals surface area (Å²) >= 11 is 13.6. The number of benzene rings is 2. The standard InChI is InChI=1S/C25H20Cl2N4O2S/c26-17-8-6-16(7-9-17)21-14-31(20-4-1-3-18(27)13-20)25(28-21)29-23(32)15-30(19-10-11-19)24(33)22-5-2-12-34-22/h1-9,12-14,19H,10-11,15H2,(H,28,29,32). The summed E-state index contributed by atoms with van der Waals surface area (Å²) in [6, 6.07) is 18.3. The second-order valence-electron chi connectivity index (χ2n) is 8.00. The second kappa shape index (κ2) is 9.62. The van der Waals surface area contributed by atoms with E-state index in [9.17, 15) is 9.59 Å². The highest BCUT2D eigenvalue weighted by Gasteiger charge is 2.35. The van der Waals surface area contributed by atoms with Gasteiger partial charge in [0, 0.05) is 33.5 Å². The molecular formula is C25H20Cl2N4O2S. The van der Waals surface area contributed by atoms with Crippen LogP contribution in [0.4, 0.5) is 5.95 Å². The lowest BCUT2D eigenvalue weighted by Gasteiger charge is -2.21. The van der Waals surface area contributed by atoms with Crippen LogP contribution in [0.5, 0.6) is 0 Å². The molecular weight excluding hydrogens is 491 g/mol. The molecule has 0 radical (unpaired) electrons. The van der Waals surface area contributed by atoms with Crippen molar-refractivity contribution in [2.75, 3.05) is 11.9 Å². The van der Waals surface area contributed by atoms with Crippen molar-refractivity contribution in [2.24, 2.45) is 0 Å². The van der Waals surface area contributed by atoms with Crippen LogP contribution in [-0.2, 0) is 4.79 Å². The number of hydrogen-bond acceptors (Lipinski definition) is 4. The highest BCUT2D eigenvalue weighted by atomic mass is 35.5. The molecule has 6 nitrogen and oxygen atoms in total. The minimum absolute atomic E-state index is 0.0416. The van der Waals surface area contributed by atoms with Gasteiger partial charge in [-0.3, -0.25) is 19.5 Å². The third-order valence-electron chi connectivity index (χ3n) is 5.48. The van der Waals surface area contributed by atoms with Gasteiger partial charge in [-0.05, 0) is 54.6 Å². The molecule has 0 aliphatic heterocycles. The van der Waals surface area contributed by atoms with Crippen LogP contribution in [0.15, 0.2) is 72.2 Å². The molecule has 1 fully saturated rings. The fraction of sp³-hybridized carbons (Fsp3) is 0.160. The van der Waals surface area contributed by atoms with Crippen molar-refractivity contribution >= 4 is 52.3 Å². The van der Waals surface area contributed by atoms with Gasteiger partial charge in [0.15, 0.2) is 0 Å². The summed E-state index contributed by atoms with van der Waals surface area (Å²) in [5.74, 6) is -0.0856. The molecule has 2 aromatic carbocycles. The van der Waals surface area contributed by atoms with Gasteiger partial charge in [-0.25, -0.2) is 4.98 Å². The van der Waals surface area contributed by atoms with Crippen molar-refractivity contribution in [3.63, 3.8) is 0 Å². The Hall–Kier alpha value is -3.13. The molecule has 1 N–H and O–H groups in total. The summed E-state index contributed by atoms with van der Waals surface area (Å²) in [6.07, 6.45) is 3.64. The maximum atomic E-state index is 13.1. The Labute approximate surface area is 210 Å². The van der Waals surface area contributed by atoms with Crippen LogP contribution in [0.2, 0.25) is 10.0 Å². The van der Waals surface area contributed by atoms with Crippen LogP contribution in [0, 0.1) is 0 Å². The van der Waals surface area contributed by atoms with Crippen LogP contribution >= 0.6 is 34.5 Å². The summed E-state index contributed by atoms with van der Waals surface area (Å²) in [4.78, 5) is 32.9. The third-order valence-corrected chi connectivity index (χ3v) is 6.82. The number of carbonyl (C=O) groups is 2. The van der Waals surface area contributed by atoms with E-state index in [1.165, 1.54) is 11.3 Å². The van der Waals surface area contributed by atoms with E-state index in [1.807, 2.05) is 41.9 Å². The normalized spacial score (nSPS) is 13.0. The van der Waals surface area contributed by atoms with Gasteiger partial charge < -0.3 is 4.90 Å². The highest BCUT2D eigenvalue weighted by Crippen LogP contribution is 2.30. The Kier molecular flexibility index (Phi) is 6.41. The fourth-order valence-corrected chi connectivity index (χ4v) is 4.65. The number of rotatable bonds is 7. The van der Waals surface area contributed by atoms with Crippen LogP contribution in [-0.4, -0.2) is 38.9 Å². The molecule has 9 heteroatoms. The van der Waals surface area contributed by atoms with Gasteiger partial charge in [-0.1, -0.05) is 47.5 Å². The van der Waals surface area contributed by atoms with E-state index < -0.39 is 0 Å². The molecule has 0 unspecified atom stereocenters. The molecule has 2 aromatic heterocycles. The molecule has 34 heavy (non-hydrogen) atoms. The summed E-state index contributed by atoms with van der Waals surface area (Å²) in [7, 11) is 0. The molecule has 0 saturated heterocycles. The van der Waals surface area contributed by atoms with Crippen LogP contribution < -0.4 is 5.32 Å². The first-order chi connectivity index (χ1) is 16.5. The molecule has 0 spiro atoms. The van der Waals surface area contributed by atoms with E-state index in [0.29, 0.717) is 26.6 Å². The topological polar surface area (TPSA) is 67.2 Å². The molecule has 1 saturated carbocycles. The van der Waals surface area contributed by atoms with Gasteiger partial charge in [-0.2, -0.15) is 0 Å². The van der Waals surface area contributed by atoms with E-state index in [4.69, 9.17) is 23.2 Å². The lowest BCUT2D eigenvalue weighted by molar-refractivity contribution is -0.117. The van der Waals surface area contributed by atoms with Gasteiger partial charge in [0.2, 0.25) is 11.9 Å². The monoisotopic (exact) mass is 510 g/mol. The molecule has 172 valence electrons. The number of nitrogens with one attached hydrogen (secondary N) is 1. The number of nitrogens with zero attached hydrogens (tertiary/aromatic N) is 3. The molecule has 5 rings (SSSR count). The SMILES string of the molecule is O=C(CN(C(=O)c1cccs1)C1CC1)Nc1nc(-c2ccc(Cl)cc2)cn1-c1cccc(Cl)c1. The minimum Gasteiger partial charge on any atom is -0.326 e. The molecule has 1 aliphatic rings. The predicted molar refractivity (Wildman–Crippen MR) is 136 cm³/mol. The number of aromatic nitrogens is 2. The zero-order valence-electron chi connectivity index (χ0n) is 17.9.